The van der Waals surface area contributed by atoms with E-state index in [1.54, 1.807) is 0 Å². The van der Waals surface area contributed by atoms with Crippen molar-refractivity contribution in [2.75, 3.05) is 6.61 Å². The first-order valence-electron chi connectivity index (χ1n) is 2.06. The van der Waals surface area contributed by atoms with Crippen molar-refractivity contribution >= 4 is 6.29 Å². The molecular weight excluding hydrogens is 112 g/mol. The maximum atomic E-state index is 9.80. The summed E-state index contributed by atoms with van der Waals surface area (Å²) in [5, 5.41) is 17.8. The van der Waals surface area contributed by atoms with E-state index >= 15 is 0 Å². The normalized spacial score (nSPS) is 17.4. The third-order valence-corrected chi connectivity index (χ3v) is 0.754. The van der Waals surface area contributed by atoms with Gasteiger partial charge in [-0.25, -0.2) is 0 Å². The van der Waals surface area contributed by atoms with Gasteiger partial charge in [0.15, 0.2) is 11.9 Å². The molecule has 0 bridgehead atoms. The van der Waals surface area contributed by atoms with Crippen molar-refractivity contribution in [2.24, 2.45) is 0 Å². The van der Waals surface area contributed by atoms with Crippen LogP contribution in [-0.4, -0.2) is 23.6 Å². The second kappa shape index (κ2) is 2.76. The van der Waals surface area contributed by atoms with Crippen LogP contribution in [0.25, 0.3) is 0 Å². The standard InChI is InChI=1S/C4H7O4/c1-4(2-5,3-6)8-7/h2,6H,3H2,1H3. The number of aliphatic hydroxyl groups excluding tert-OH is 1. The van der Waals surface area contributed by atoms with Gasteiger partial charge in [-0.3, -0.25) is 4.79 Å². The molecule has 0 aliphatic rings. The van der Waals surface area contributed by atoms with Gasteiger partial charge in [-0.05, 0) is 12.2 Å². The molecule has 0 rings (SSSR count). The highest BCUT2D eigenvalue weighted by Crippen LogP contribution is 2.01. The summed E-state index contributed by atoms with van der Waals surface area (Å²) in [7, 11) is 0. The number of carbonyl (C=O) groups is 1. The van der Waals surface area contributed by atoms with Gasteiger partial charge in [0.2, 0.25) is 0 Å². The molecule has 0 aromatic carbocycles. The fourth-order valence-electron chi connectivity index (χ4n) is 0.0833. The van der Waals surface area contributed by atoms with Crippen LogP contribution in [0.1, 0.15) is 6.92 Å². The van der Waals surface area contributed by atoms with Crippen molar-refractivity contribution in [3.05, 3.63) is 0 Å². The number of rotatable bonds is 3. The lowest BCUT2D eigenvalue weighted by Crippen LogP contribution is -2.33. The van der Waals surface area contributed by atoms with E-state index in [-0.39, 0.29) is 6.29 Å². The molecule has 4 nitrogen and oxygen atoms in total. The van der Waals surface area contributed by atoms with Crippen LogP contribution in [0.5, 0.6) is 0 Å². The predicted molar refractivity (Wildman–Crippen MR) is 23.3 cm³/mol. The number of hydrogen-bond donors (Lipinski definition) is 1. The Labute approximate surface area is 46.6 Å². The van der Waals surface area contributed by atoms with Gasteiger partial charge in [0.1, 0.15) is 0 Å². The van der Waals surface area contributed by atoms with Crippen LogP contribution in [0.3, 0.4) is 0 Å². The Hall–Kier alpha value is -0.450. The lowest BCUT2D eigenvalue weighted by molar-refractivity contribution is -0.359. The molecule has 0 aliphatic carbocycles. The summed E-state index contributed by atoms with van der Waals surface area (Å²) in [5.74, 6) is 0. The second-order valence-corrected chi connectivity index (χ2v) is 1.67. The van der Waals surface area contributed by atoms with E-state index in [1.807, 2.05) is 0 Å². The summed E-state index contributed by atoms with van der Waals surface area (Å²) in [5.41, 5.74) is -1.56. The Morgan fingerprint density at radius 3 is 2.38 bits per heavy atom. The third kappa shape index (κ3) is 1.57. The minimum absolute atomic E-state index is 0.264. The van der Waals surface area contributed by atoms with E-state index in [0.29, 0.717) is 0 Å². The van der Waals surface area contributed by atoms with E-state index < -0.39 is 12.2 Å². The van der Waals surface area contributed by atoms with E-state index in [1.165, 1.54) is 6.92 Å². The molecule has 0 spiro atoms. The SMILES string of the molecule is CC(C=O)(CO)O[O]. The molecule has 4 heteroatoms. The van der Waals surface area contributed by atoms with Gasteiger partial charge in [0.25, 0.3) is 0 Å². The van der Waals surface area contributed by atoms with Gasteiger partial charge < -0.3 is 5.11 Å². The topological polar surface area (TPSA) is 66.4 Å². The molecule has 1 unspecified atom stereocenters. The number of carbonyl (C=O) groups excluding carboxylic acids is 1. The zero-order valence-corrected chi connectivity index (χ0v) is 4.46. The summed E-state index contributed by atoms with van der Waals surface area (Å²) in [4.78, 5) is 13.2. The molecule has 0 heterocycles. The Morgan fingerprint density at radius 1 is 1.88 bits per heavy atom. The van der Waals surface area contributed by atoms with Crippen molar-refractivity contribution in [1.29, 1.82) is 0 Å². The minimum Gasteiger partial charge on any atom is -0.393 e. The van der Waals surface area contributed by atoms with E-state index in [2.05, 4.69) is 4.89 Å². The first-order chi connectivity index (χ1) is 3.68. The summed E-state index contributed by atoms with van der Waals surface area (Å²) in [6.45, 7) is 0.618. The average Bonchev–Trinajstić information content (AvgIpc) is 1.87. The van der Waals surface area contributed by atoms with Gasteiger partial charge in [-0.15, -0.1) is 0 Å². The van der Waals surface area contributed by atoms with Crippen LogP contribution in [0, 0.1) is 0 Å². The largest absolute Gasteiger partial charge is 0.393 e. The first-order valence-corrected chi connectivity index (χ1v) is 2.06. The summed E-state index contributed by atoms with van der Waals surface area (Å²) >= 11 is 0. The lowest BCUT2D eigenvalue weighted by Gasteiger charge is -2.11. The van der Waals surface area contributed by atoms with Gasteiger partial charge >= 0.3 is 0 Å². The second-order valence-electron chi connectivity index (χ2n) is 1.67. The van der Waals surface area contributed by atoms with Crippen molar-refractivity contribution in [1.82, 2.24) is 0 Å². The molecule has 1 atom stereocenters. The zero-order valence-electron chi connectivity index (χ0n) is 4.46. The maximum Gasteiger partial charge on any atom is 0.181 e. The average molecular weight is 119 g/mol. The van der Waals surface area contributed by atoms with Crippen molar-refractivity contribution in [3.63, 3.8) is 0 Å². The molecule has 0 saturated heterocycles. The number of aldehydes is 1. The van der Waals surface area contributed by atoms with Gasteiger partial charge in [-0.2, -0.15) is 4.89 Å². The molecule has 0 fully saturated rings. The smallest absolute Gasteiger partial charge is 0.181 e. The Balaban J connectivity index is 3.76. The molecule has 0 aliphatic heterocycles. The number of hydrogen-bond acceptors (Lipinski definition) is 3. The summed E-state index contributed by atoms with van der Waals surface area (Å²) < 4.78 is 0. The highest BCUT2D eigenvalue weighted by atomic mass is 17.1. The quantitative estimate of drug-likeness (QED) is 0.303. The van der Waals surface area contributed by atoms with Crippen LogP contribution in [0.2, 0.25) is 0 Å². The highest BCUT2D eigenvalue weighted by Gasteiger charge is 2.23. The van der Waals surface area contributed by atoms with Crippen LogP contribution in [0.15, 0.2) is 0 Å². The van der Waals surface area contributed by atoms with Crippen molar-refractivity contribution < 1.29 is 20.0 Å². The highest BCUT2D eigenvalue weighted by molar-refractivity contribution is 5.61. The Kier molecular flexibility index (Phi) is 2.60. The molecule has 47 valence electrons. The first kappa shape index (κ1) is 7.55. The monoisotopic (exact) mass is 119 g/mol. The summed E-state index contributed by atoms with van der Waals surface area (Å²) in [6.07, 6.45) is 0.264. The Morgan fingerprint density at radius 2 is 2.38 bits per heavy atom. The third-order valence-electron chi connectivity index (χ3n) is 0.754. The number of aliphatic hydroxyl groups is 1. The predicted octanol–water partition coefficient (Wildman–Crippen LogP) is -0.702. The van der Waals surface area contributed by atoms with Crippen LogP contribution in [0.4, 0.5) is 0 Å². The van der Waals surface area contributed by atoms with E-state index in [4.69, 9.17) is 5.11 Å². The molecular formula is C4H7O4. The van der Waals surface area contributed by atoms with Gasteiger partial charge in [-0.1, -0.05) is 0 Å². The molecule has 1 N–H and O–H groups in total. The zero-order chi connectivity index (χ0) is 6.62. The lowest BCUT2D eigenvalue weighted by atomic mass is 10.1. The molecule has 1 radical (unpaired) electrons. The van der Waals surface area contributed by atoms with Crippen LogP contribution in [-0.2, 0) is 14.9 Å². The fourth-order valence-corrected chi connectivity index (χ4v) is 0.0833. The van der Waals surface area contributed by atoms with Gasteiger partial charge in [0.05, 0.1) is 6.61 Å². The van der Waals surface area contributed by atoms with Crippen LogP contribution >= 0.6 is 0 Å². The molecule has 8 heavy (non-hydrogen) atoms. The van der Waals surface area contributed by atoms with Crippen LogP contribution < -0.4 is 0 Å². The fraction of sp³-hybridized carbons (Fsp3) is 0.750. The molecule has 0 saturated carbocycles. The maximum absolute atomic E-state index is 9.80. The van der Waals surface area contributed by atoms with Crippen molar-refractivity contribution in [2.45, 2.75) is 12.5 Å². The summed E-state index contributed by atoms with van der Waals surface area (Å²) in [6, 6.07) is 0. The molecule has 0 aromatic heterocycles. The minimum atomic E-state index is -1.56. The molecule has 0 aromatic rings. The van der Waals surface area contributed by atoms with Crippen molar-refractivity contribution in [3.8, 4) is 0 Å². The Bertz CT molecular complexity index is 76.1. The van der Waals surface area contributed by atoms with Gasteiger partial charge in [0, 0.05) is 0 Å². The molecule has 0 amide bonds. The van der Waals surface area contributed by atoms with E-state index in [0.717, 1.165) is 0 Å². The van der Waals surface area contributed by atoms with E-state index in [9.17, 15) is 10.1 Å².